The topological polar surface area (TPSA) is 57.3 Å². The number of nitrogens with zero attached hydrogens (tertiary/aromatic N) is 4. The van der Waals surface area contributed by atoms with Gasteiger partial charge in [0.1, 0.15) is 13.0 Å². The van der Waals surface area contributed by atoms with E-state index in [0.29, 0.717) is 12.6 Å². The maximum Gasteiger partial charge on any atom is 0.205 e. The summed E-state index contributed by atoms with van der Waals surface area (Å²) in [6, 6.07) is 0. The Morgan fingerprint density at radius 2 is 2.42 bits per heavy atom. The molecule has 0 aliphatic carbocycles. The van der Waals surface area contributed by atoms with Crippen LogP contribution in [0.2, 0.25) is 0 Å². The first kappa shape index (κ1) is 7.02. The highest BCUT2D eigenvalue weighted by Crippen LogP contribution is 1.98. The van der Waals surface area contributed by atoms with Gasteiger partial charge >= 0.3 is 0 Å². The molecule has 2 rings (SSSR count). The van der Waals surface area contributed by atoms with Gasteiger partial charge in [-0.1, -0.05) is 0 Å². The van der Waals surface area contributed by atoms with Crippen molar-refractivity contribution in [2.24, 2.45) is 4.99 Å². The van der Waals surface area contributed by atoms with E-state index in [1.165, 1.54) is 0 Å². The highest BCUT2D eigenvalue weighted by Gasteiger charge is 2.11. The monoisotopic (exact) mass is 163 g/mol. The Morgan fingerprint density at radius 1 is 1.50 bits per heavy atom. The van der Waals surface area contributed by atoms with Gasteiger partial charge in [0.15, 0.2) is 0 Å². The van der Waals surface area contributed by atoms with Crippen molar-refractivity contribution in [1.29, 1.82) is 5.41 Å². The zero-order chi connectivity index (χ0) is 8.39. The predicted octanol–water partition coefficient (Wildman–Crippen LogP) is 0.00987. The van der Waals surface area contributed by atoms with Gasteiger partial charge in [-0.05, 0) is 0 Å². The molecule has 0 spiro atoms. The summed E-state index contributed by atoms with van der Waals surface area (Å²) >= 11 is 0. The maximum absolute atomic E-state index is 7.71. The molecule has 1 aromatic rings. The second kappa shape index (κ2) is 2.77. The predicted molar refractivity (Wildman–Crippen MR) is 45.4 cm³/mol. The Bertz CT molecular complexity index is 292. The number of rotatable bonds is 0. The van der Waals surface area contributed by atoms with Crippen LogP contribution in [-0.2, 0) is 0 Å². The summed E-state index contributed by atoms with van der Waals surface area (Å²) in [5.41, 5.74) is 0. The number of hydrogen-bond donors (Lipinski definition) is 1. The molecular weight excluding hydrogens is 154 g/mol. The van der Waals surface area contributed by atoms with Crippen molar-refractivity contribution >= 4 is 12.2 Å². The van der Waals surface area contributed by atoms with Crippen LogP contribution in [0.15, 0.2) is 23.7 Å². The molecule has 2 heterocycles. The van der Waals surface area contributed by atoms with E-state index >= 15 is 0 Å². The van der Waals surface area contributed by atoms with E-state index in [1.807, 2.05) is 11.1 Å². The molecule has 1 aliphatic rings. The molecule has 12 heavy (non-hydrogen) atoms. The van der Waals surface area contributed by atoms with Crippen molar-refractivity contribution in [1.82, 2.24) is 14.5 Å². The number of hydrogen-bond acceptors (Lipinski definition) is 3. The second-order valence-corrected chi connectivity index (χ2v) is 2.52. The summed E-state index contributed by atoms with van der Waals surface area (Å²) in [7, 11) is 0. The number of imidazole rings is 1. The van der Waals surface area contributed by atoms with Crippen LogP contribution in [0.1, 0.15) is 0 Å². The van der Waals surface area contributed by atoms with Crippen molar-refractivity contribution < 1.29 is 0 Å². The molecule has 0 amide bonds. The molecule has 1 N–H and O–H groups in total. The summed E-state index contributed by atoms with van der Waals surface area (Å²) in [6.07, 6.45) is 6.83. The first-order chi connectivity index (χ1) is 5.88. The van der Waals surface area contributed by atoms with E-state index in [0.717, 1.165) is 6.54 Å². The summed E-state index contributed by atoms with van der Waals surface area (Å²) in [4.78, 5) is 9.74. The van der Waals surface area contributed by atoms with Gasteiger partial charge in [-0.25, -0.2) is 4.98 Å². The van der Waals surface area contributed by atoms with Gasteiger partial charge in [0.05, 0.1) is 6.54 Å². The normalized spacial score (nSPS) is 15.5. The Labute approximate surface area is 69.9 Å². The molecule has 5 nitrogen and oxygen atoms in total. The fourth-order valence-electron chi connectivity index (χ4n) is 1.07. The zero-order valence-corrected chi connectivity index (χ0v) is 6.51. The number of aliphatic imine (C=N–C) groups is 1. The van der Waals surface area contributed by atoms with Crippen LogP contribution in [-0.4, -0.2) is 39.8 Å². The molecule has 0 unspecified atom stereocenters. The third-order valence-corrected chi connectivity index (χ3v) is 1.73. The summed E-state index contributed by atoms with van der Waals surface area (Å²) < 4.78 is 1.66. The van der Waals surface area contributed by atoms with Crippen LogP contribution in [0, 0.1) is 5.41 Å². The minimum absolute atomic E-state index is 0.421. The van der Waals surface area contributed by atoms with Gasteiger partial charge in [0.25, 0.3) is 0 Å². The van der Waals surface area contributed by atoms with E-state index in [4.69, 9.17) is 5.41 Å². The first-order valence-corrected chi connectivity index (χ1v) is 3.68. The Balaban J connectivity index is 2.11. The van der Waals surface area contributed by atoms with Gasteiger partial charge in [-0.2, -0.15) is 0 Å². The van der Waals surface area contributed by atoms with E-state index in [9.17, 15) is 0 Å². The van der Waals surface area contributed by atoms with Gasteiger partial charge in [-0.15, -0.1) is 0 Å². The molecule has 0 aromatic carbocycles. The van der Waals surface area contributed by atoms with Crippen LogP contribution in [0.4, 0.5) is 0 Å². The van der Waals surface area contributed by atoms with E-state index in [2.05, 4.69) is 9.98 Å². The Kier molecular flexibility index (Phi) is 1.62. The minimum Gasteiger partial charge on any atom is -0.318 e. The molecule has 1 aromatic heterocycles. The Hall–Kier alpha value is -1.65. The number of aromatic nitrogens is 2. The van der Waals surface area contributed by atoms with Crippen LogP contribution >= 0.6 is 0 Å². The summed E-state index contributed by atoms with van der Waals surface area (Å²) in [6.45, 7) is 1.30. The molecule has 1 aliphatic heterocycles. The first-order valence-electron chi connectivity index (χ1n) is 3.68. The molecule has 0 atom stereocenters. The lowest BCUT2D eigenvalue weighted by atomic mass is 10.6. The molecular formula is C7H9N5. The van der Waals surface area contributed by atoms with Gasteiger partial charge in [0.2, 0.25) is 5.96 Å². The third kappa shape index (κ3) is 1.09. The van der Waals surface area contributed by atoms with E-state index < -0.39 is 0 Å². The molecule has 0 radical (unpaired) electrons. The highest BCUT2D eigenvalue weighted by molar-refractivity contribution is 5.82. The number of nitrogens with one attached hydrogen (secondary N) is 1. The lowest BCUT2D eigenvalue weighted by molar-refractivity contribution is 0.500. The van der Waals surface area contributed by atoms with E-state index in [1.54, 1.807) is 23.3 Å². The lowest BCUT2D eigenvalue weighted by Gasteiger charge is -2.16. The molecule has 0 saturated heterocycles. The molecule has 0 fully saturated rings. The van der Waals surface area contributed by atoms with Crippen molar-refractivity contribution in [3.63, 3.8) is 0 Å². The average Bonchev–Trinajstić information content (AvgIpc) is 2.77. The lowest BCUT2D eigenvalue weighted by Crippen LogP contribution is -2.32. The average molecular weight is 163 g/mol. The SMILES string of the molecule is N=C(N1CC=NC1)n1ccnc1. The third-order valence-electron chi connectivity index (χ3n) is 1.73. The molecule has 5 heteroatoms. The smallest absolute Gasteiger partial charge is 0.205 e. The quantitative estimate of drug-likeness (QED) is 0.432. The highest BCUT2D eigenvalue weighted by atomic mass is 15.4. The van der Waals surface area contributed by atoms with Gasteiger partial charge in [0, 0.05) is 18.6 Å². The van der Waals surface area contributed by atoms with Crippen molar-refractivity contribution in [2.45, 2.75) is 0 Å². The van der Waals surface area contributed by atoms with Gasteiger partial charge < -0.3 is 4.90 Å². The van der Waals surface area contributed by atoms with Crippen LogP contribution in [0.3, 0.4) is 0 Å². The molecule has 0 saturated carbocycles. The fourth-order valence-corrected chi connectivity index (χ4v) is 1.07. The van der Waals surface area contributed by atoms with Crippen molar-refractivity contribution in [3.05, 3.63) is 18.7 Å². The van der Waals surface area contributed by atoms with E-state index in [-0.39, 0.29) is 0 Å². The standard InChI is InChI=1S/C7H9N5/c8-7(11-3-1-9-5-11)12-4-2-10-6-12/h1-3,5,8H,4,6H2. The van der Waals surface area contributed by atoms with Gasteiger partial charge in [-0.3, -0.25) is 15.0 Å². The molecule has 0 bridgehead atoms. The van der Waals surface area contributed by atoms with Crippen LogP contribution < -0.4 is 0 Å². The van der Waals surface area contributed by atoms with Crippen molar-refractivity contribution in [3.8, 4) is 0 Å². The second-order valence-electron chi connectivity index (χ2n) is 2.52. The largest absolute Gasteiger partial charge is 0.318 e. The summed E-state index contributed by atoms with van der Waals surface area (Å²) in [5, 5.41) is 7.71. The zero-order valence-electron chi connectivity index (χ0n) is 6.51. The van der Waals surface area contributed by atoms with Crippen LogP contribution in [0.25, 0.3) is 0 Å². The fraction of sp³-hybridized carbons (Fsp3) is 0.286. The Morgan fingerprint density at radius 3 is 3.00 bits per heavy atom. The molecule has 62 valence electrons. The maximum atomic E-state index is 7.71. The van der Waals surface area contributed by atoms with Crippen molar-refractivity contribution in [2.75, 3.05) is 13.2 Å². The minimum atomic E-state index is 0.421. The summed E-state index contributed by atoms with van der Waals surface area (Å²) in [5.74, 6) is 0.421. The van der Waals surface area contributed by atoms with Crippen LogP contribution in [0.5, 0.6) is 0 Å².